The zero-order chi connectivity index (χ0) is 19.5. The van der Waals surface area contributed by atoms with E-state index in [9.17, 15) is 32.7 Å². The molecule has 0 radical (unpaired) electrons. The van der Waals surface area contributed by atoms with Gasteiger partial charge in [0, 0.05) is 18.2 Å². The van der Waals surface area contributed by atoms with E-state index in [2.05, 4.69) is 15.2 Å². The molecule has 1 aromatic heterocycles. The summed E-state index contributed by atoms with van der Waals surface area (Å²) in [7, 11) is 0. The average Bonchev–Trinajstić information content (AvgIpc) is 3.21. The molecule has 4 heterocycles. The number of carbonyl (C=O) groups is 3. The van der Waals surface area contributed by atoms with Crippen LogP contribution in [-0.4, -0.2) is 78.4 Å². The third kappa shape index (κ3) is 2.59. The summed E-state index contributed by atoms with van der Waals surface area (Å²) < 4.78 is 38.4. The highest BCUT2D eigenvalue weighted by Gasteiger charge is 2.65. The van der Waals surface area contributed by atoms with Crippen molar-refractivity contribution < 1.29 is 32.7 Å². The van der Waals surface area contributed by atoms with Crippen molar-refractivity contribution in [2.24, 2.45) is 5.92 Å². The number of halogens is 3. The first-order valence-corrected chi connectivity index (χ1v) is 8.85. The first-order valence-electron chi connectivity index (χ1n) is 7.87. The first-order chi connectivity index (χ1) is 12.7. The highest BCUT2D eigenvalue weighted by molar-refractivity contribution is 7.99. The standard InChI is InChI=1S/C14H12F3N5O4S/c15-14(16,17)12(26)21-2-1-5-6(3-27-13-18-4-19-20-13)8(11(24)25)22-7(5)9(21)10(22)23/h4-5,7,9H,1-3H2,(H,24,25)(H,18,19,20)/t5?,7-,9+/m1/s1. The number of piperidine rings is 1. The van der Waals surface area contributed by atoms with Crippen molar-refractivity contribution in [1.82, 2.24) is 25.0 Å². The number of aromatic amines is 1. The van der Waals surface area contributed by atoms with Gasteiger partial charge in [0.15, 0.2) is 5.16 Å². The molecule has 2 N–H and O–H groups in total. The normalized spacial score (nSPS) is 26.9. The van der Waals surface area contributed by atoms with Crippen LogP contribution in [0, 0.1) is 5.92 Å². The van der Waals surface area contributed by atoms with Crippen LogP contribution >= 0.6 is 11.8 Å². The second-order valence-corrected chi connectivity index (χ2v) is 7.26. The van der Waals surface area contributed by atoms with Crippen molar-refractivity contribution in [3.05, 3.63) is 17.6 Å². The van der Waals surface area contributed by atoms with Gasteiger partial charge in [-0.1, -0.05) is 11.8 Å². The minimum atomic E-state index is -5.08. The third-order valence-corrected chi connectivity index (χ3v) is 5.92. The number of carbonyl (C=O) groups excluding carboxylic acids is 2. The summed E-state index contributed by atoms with van der Waals surface area (Å²) >= 11 is 1.19. The molecule has 0 spiro atoms. The van der Waals surface area contributed by atoms with E-state index in [0.717, 1.165) is 4.90 Å². The fourth-order valence-corrected chi connectivity index (χ4v) is 4.87. The Morgan fingerprint density at radius 2 is 2.15 bits per heavy atom. The smallest absolute Gasteiger partial charge is 0.471 e. The van der Waals surface area contributed by atoms with E-state index in [1.807, 2.05) is 0 Å². The molecule has 0 aliphatic carbocycles. The number of H-pyrrole nitrogens is 1. The van der Waals surface area contributed by atoms with Crippen LogP contribution in [0.2, 0.25) is 0 Å². The summed E-state index contributed by atoms with van der Waals surface area (Å²) in [6, 6.07) is -2.05. The number of hydrogen-bond acceptors (Lipinski definition) is 6. The number of aliphatic carboxylic acids is 1. The molecule has 2 fully saturated rings. The van der Waals surface area contributed by atoms with Gasteiger partial charge in [0.05, 0.1) is 6.04 Å². The number of thioether (sulfide) groups is 1. The van der Waals surface area contributed by atoms with Crippen LogP contribution in [0.25, 0.3) is 0 Å². The summed E-state index contributed by atoms with van der Waals surface area (Å²) in [6.07, 6.45) is -3.65. The molecule has 0 bridgehead atoms. The van der Waals surface area contributed by atoms with Crippen LogP contribution in [0.3, 0.4) is 0 Å². The van der Waals surface area contributed by atoms with Crippen LogP contribution < -0.4 is 0 Å². The Balaban J connectivity index is 1.62. The Bertz CT molecular complexity index is 855. The molecule has 2 amide bonds. The predicted molar refractivity (Wildman–Crippen MR) is 82.1 cm³/mol. The van der Waals surface area contributed by atoms with Gasteiger partial charge >= 0.3 is 18.1 Å². The maximum Gasteiger partial charge on any atom is 0.471 e. The lowest BCUT2D eigenvalue weighted by atomic mass is 9.78. The number of alkyl halides is 3. The van der Waals surface area contributed by atoms with E-state index >= 15 is 0 Å². The molecular weight excluding hydrogens is 391 g/mol. The molecule has 1 unspecified atom stereocenters. The average molecular weight is 403 g/mol. The number of β-lactam (4-membered cyclic amide) rings is 1. The van der Waals surface area contributed by atoms with E-state index in [4.69, 9.17) is 0 Å². The van der Waals surface area contributed by atoms with Gasteiger partial charge in [0.1, 0.15) is 18.1 Å². The van der Waals surface area contributed by atoms with Crippen LogP contribution in [0.5, 0.6) is 0 Å². The van der Waals surface area contributed by atoms with Gasteiger partial charge in [-0.15, -0.1) is 0 Å². The van der Waals surface area contributed by atoms with Gasteiger partial charge in [-0.3, -0.25) is 19.6 Å². The summed E-state index contributed by atoms with van der Waals surface area (Å²) in [6.45, 7) is -0.257. The monoisotopic (exact) mass is 403 g/mol. The minimum absolute atomic E-state index is 0.149. The lowest BCUT2D eigenvalue weighted by molar-refractivity contribution is -0.198. The minimum Gasteiger partial charge on any atom is -0.477 e. The molecule has 2 saturated heterocycles. The van der Waals surface area contributed by atoms with Crippen molar-refractivity contribution in [2.45, 2.75) is 29.8 Å². The lowest BCUT2D eigenvalue weighted by Crippen LogP contribution is -2.74. The van der Waals surface area contributed by atoms with Crippen LogP contribution in [0.15, 0.2) is 22.8 Å². The quantitative estimate of drug-likeness (QED) is 0.546. The Kier molecular flexibility index (Phi) is 3.94. The van der Waals surface area contributed by atoms with E-state index in [1.54, 1.807) is 0 Å². The van der Waals surface area contributed by atoms with Crippen molar-refractivity contribution >= 4 is 29.5 Å². The molecule has 3 atom stereocenters. The van der Waals surface area contributed by atoms with Gasteiger partial charge in [0.2, 0.25) is 0 Å². The molecule has 1 aromatic rings. The Labute approximate surface area is 153 Å². The van der Waals surface area contributed by atoms with Crippen LogP contribution in [0.1, 0.15) is 6.42 Å². The molecule has 0 saturated carbocycles. The third-order valence-electron chi connectivity index (χ3n) is 5.00. The number of rotatable bonds is 4. The molecule has 27 heavy (non-hydrogen) atoms. The molecule has 144 valence electrons. The molecule has 0 aromatic carbocycles. The molecule has 13 heteroatoms. The van der Waals surface area contributed by atoms with Crippen molar-refractivity contribution in [2.75, 3.05) is 12.3 Å². The Hall–Kier alpha value is -2.57. The number of aromatic nitrogens is 3. The highest BCUT2D eigenvalue weighted by atomic mass is 32.2. The summed E-state index contributed by atoms with van der Waals surface area (Å²) in [5, 5.41) is 16.3. The highest BCUT2D eigenvalue weighted by Crippen LogP contribution is 2.50. The number of nitrogens with zero attached hydrogens (tertiary/aromatic N) is 4. The van der Waals surface area contributed by atoms with Crippen molar-refractivity contribution in [3.63, 3.8) is 0 Å². The van der Waals surface area contributed by atoms with E-state index in [1.165, 1.54) is 18.1 Å². The largest absolute Gasteiger partial charge is 0.477 e. The SMILES string of the molecule is O=C(O)C1=C(CSc2ncn[nH]2)C2CCN(C(=O)C(F)(F)F)[C@@H]3C(=O)N1[C@H]23. The molecule has 3 aliphatic heterocycles. The second-order valence-electron chi connectivity index (χ2n) is 6.29. The number of nitrogens with one attached hydrogen (secondary N) is 1. The number of carboxylic acids is 1. The van der Waals surface area contributed by atoms with E-state index in [0.29, 0.717) is 15.6 Å². The summed E-state index contributed by atoms with van der Waals surface area (Å²) in [4.78, 5) is 41.2. The van der Waals surface area contributed by atoms with Gasteiger partial charge in [0.25, 0.3) is 5.91 Å². The molecule has 3 aliphatic rings. The number of likely N-dealkylation sites (tertiary alicyclic amines) is 1. The zero-order valence-electron chi connectivity index (χ0n) is 13.4. The zero-order valence-corrected chi connectivity index (χ0v) is 14.3. The maximum absolute atomic E-state index is 12.8. The van der Waals surface area contributed by atoms with E-state index in [-0.39, 0.29) is 24.4 Å². The summed E-state index contributed by atoms with van der Waals surface area (Å²) in [5.41, 5.74) is 0.253. The fourth-order valence-electron chi connectivity index (χ4n) is 3.99. The van der Waals surface area contributed by atoms with Gasteiger partial charge < -0.3 is 10.0 Å². The first kappa shape index (κ1) is 17.8. The van der Waals surface area contributed by atoms with Crippen molar-refractivity contribution in [3.8, 4) is 0 Å². The summed E-state index contributed by atoms with van der Waals surface area (Å²) in [5.74, 6) is -4.40. The lowest BCUT2D eigenvalue weighted by Gasteiger charge is -2.53. The maximum atomic E-state index is 12.8. The van der Waals surface area contributed by atoms with E-state index < -0.39 is 42.0 Å². The van der Waals surface area contributed by atoms with Gasteiger partial charge in [-0.25, -0.2) is 9.78 Å². The Morgan fingerprint density at radius 3 is 2.74 bits per heavy atom. The molecule has 4 rings (SSSR count). The molecule has 9 nitrogen and oxygen atoms in total. The van der Waals surface area contributed by atoms with Crippen molar-refractivity contribution in [1.29, 1.82) is 0 Å². The van der Waals surface area contributed by atoms with Gasteiger partial charge in [-0.05, 0) is 12.0 Å². The number of hydrogen-bond donors (Lipinski definition) is 2. The Morgan fingerprint density at radius 1 is 1.41 bits per heavy atom. The van der Waals surface area contributed by atoms with Crippen LogP contribution in [0.4, 0.5) is 13.2 Å². The second kappa shape index (κ2) is 5.97. The molecular formula is C14H12F3N5O4S. The fraction of sp³-hybridized carbons (Fsp3) is 0.500. The predicted octanol–water partition coefficient (Wildman–Crippen LogP) is 0.239. The number of amides is 2. The number of carboxylic acid groups (broad SMARTS) is 1. The van der Waals surface area contributed by atoms with Gasteiger partial charge in [-0.2, -0.15) is 18.3 Å². The van der Waals surface area contributed by atoms with Crippen LogP contribution in [-0.2, 0) is 14.4 Å². The topological polar surface area (TPSA) is 119 Å².